The third-order valence-electron chi connectivity index (χ3n) is 4.24. The Labute approximate surface area is 158 Å². The predicted molar refractivity (Wildman–Crippen MR) is 102 cm³/mol. The summed E-state index contributed by atoms with van der Waals surface area (Å²) in [5.41, 5.74) is -0.517. The molecule has 1 amide bonds. The number of amides is 1. The molecule has 0 spiro atoms. The van der Waals surface area contributed by atoms with Crippen LogP contribution in [-0.4, -0.2) is 34.8 Å². The highest BCUT2D eigenvalue weighted by atomic mass is 32.1. The van der Waals surface area contributed by atoms with Crippen molar-refractivity contribution < 1.29 is 4.79 Å². The number of aromatic nitrogens is 6. The van der Waals surface area contributed by atoms with Gasteiger partial charge in [0.25, 0.3) is 5.56 Å². The van der Waals surface area contributed by atoms with E-state index in [0.717, 1.165) is 35.3 Å². The molecule has 0 aliphatic rings. The van der Waals surface area contributed by atoms with E-state index in [9.17, 15) is 14.4 Å². The number of nitrogens with zero attached hydrogens (tertiary/aromatic N) is 6. The molecule has 0 aliphatic heterocycles. The number of nitrogens with one attached hydrogen (secondary N) is 1. The van der Waals surface area contributed by atoms with E-state index in [0.29, 0.717) is 5.13 Å². The van der Waals surface area contributed by atoms with E-state index in [2.05, 4.69) is 27.4 Å². The van der Waals surface area contributed by atoms with E-state index in [-0.39, 0.29) is 23.6 Å². The van der Waals surface area contributed by atoms with Crippen molar-refractivity contribution >= 4 is 33.5 Å². The molecule has 3 rings (SSSR count). The first-order valence-corrected chi connectivity index (χ1v) is 9.47. The molecule has 3 aromatic heterocycles. The van der Waals surface area contributed by atoms with Gasteiger partial charge >= 0.3 is 5.69 Å². The van der Waals surface area contributed by atoms with Crippen LogP contribution in [0.1, 0.15) is 31.2 Å². The Hall–Kier alpha value is -2.82. The first-order valence-electron chi connectivity index (χ1n) is 8.65. The lowest BCUT2D eigenvalue weighted by Crippen LogP contribution is -2.37. The van der Waals surface area contributed by atoms with Crippen LogP contribution in [0.25, 0.3) is 11.2 Å². The molecule has 0 aromatic carbocycles. The third kappa shape index (κ3) is 3.82. The lowest BCUT2D eigenvalue weighted by Gasteiger charge is -2.06. The van der Waals surface area contributed by atoms with Crippen LogP contribution in [-0.2, 0) is 31.9 Å². The fraction of sp³-hybridized carbons (Fsp3) is 0.500. The van der Waals surface area contributed by atoms with Crippen molar-refractivity contribution in [3.63, 3.8) is 0 Å². The Morgan fingerprint density at radius 3 is 2.70 bits per heavy atom. The summed E-state index contributed by atoms with van der Waals surface area (Å²) in [4.78, 5) is 40.8. The van der Waals surface area contributed by atoms with Gasteiger partial charge in [0.1, 0.15) is 11.6 Å². The molecule has 0 aliphatic carbocycles. The summed E-state index contributed by atoms with van der Waals surface area (Å²) in [6, 6.07) is 0. The Balaban J connectivity index is 1.75. The van der Waals surface area contributed by atoms with Crippen molar-refractivity contribution in [2.45, 2.75) is 39.2 Å². The molecule has 0 saturated heterocycles. The normalized spacial score (nSPS) is 11.2. The summed E-state index contributed by atoms with van der Waals surface area (Å²) in [5.74, 6) is -0.346. The number of aryl methyl sites for hydroxylation is 2. The van der Waals surface area contributed by atoms with Crippen LogP contribution >= 0.6 is 11.3 Å². The highest BCUT2D eigenvalue weighted by Gasteiger charge is 2.16. The Morgan fingerprint density at radius 2 is 1.96 bits per heavy atom. The van der Waals surface area contributed by atoms with E-state index < -0.39 is 11.2 Å². The fourth-order valence-electron chi connectivity index (χ4n) is 2.76. The van der Waals surface area contributed by atoms with E-state index in [1.807, 2.05) is 0 Å². The molecule has 3 aromatic rings. The molecular weight excluding hydrogens is 370 g/mol. The van der Waals surface area contributed by atoms with E-state index in [4.69, 9.17) is 0 Å². The van der Waals surface area contributed by atoms with Gasteiger partial charge in [-0.2, -0.15) is 0 Å². The topological polar surface area (TPSA) is 117 Å². The summed E-state index contributed by atoms with van der Waals surface area (Å²) < 4.78 is 3.69. The van der Waals surface area contributed by atoms with Crippen molar-refractivity contribution in [1.29, 1.82) is 0 Å². The summed E-state index contributed by atoms with van der Waals surface area (Å²) >= 11 is 1.35. The molecule has 0 radical (unpaired) electrons. The lowest BCUT2D eigenvalue weighted by atomic mass is 10.2. The van der Waals surface area contributed by atoms with E-state index in [1.54, 1.807) is 0 Å². The van der Waals surface area contributed by atoms with Gasteiger partial charge < -0.3 is 4.57 Å². The standard InChI is InChI=1S/C16H21N7O3S/c1-4-5-6-7-11-19-20-15(27-11)18-10(24)8-23-9-17-13-12(23)14(25)22(3)16(26)21(13)2/h9H,4-8H2,1-3H3,(H,18,20,24). The largest absolute Gasteiger partial charge is 0.332 e. The number of anilines is 1. The van der Waals surface area contributed by atoms with Gasteiger partial charge in [-0.1, -0.05) is 31.1 Å². The average Bonchev–Trinajstić information content (AvgIpc) is 3.25. The first-order chi connectivity index (χ1) is 12.9. The Bertz CT molecular complexity index is 1090. The van der Waals surface area contributed by atoms with Crippen LogP contribution < -0.4 is 16.6 Å². The van der Waals surface area contributed by atoms with Crippen molar-refractivity contribution in [2.75, 3.05) is 5.32 Å². The smallest absolute Gasteiger partial charge is 0.315 e. The van der Waals surface area contributed by atoms with Crippen LogP contribution in [0, 0.1) is 0 Å². The van der Waals surface area contributed by atoms with Gasteiger partial charge in [-0.05, 0) is 6.42 Å². The number of fused-ring (bicyclic) bond motifs is 1. The molecule has 0 unspecified atom stereocenters. The maximum Gasteiger partial charge on any atom is 0.332 e. The van der Waals surface area contributed by atoms with Crippen molar-refractivity contribution in [2.24, 2.45) is 14.1 Å². The van der Waals surface area contributed by atoms with Crippen LogP contribution in [0.2, 0.25) is 0 Å². The van der Waals surface area contributed by atoms with E-state index >= 15 is 0 Å². The highest BCUT2D eigenvalue weighted by molar-refractivity contribution is 7.15. The van der Waals surface area contributed by atoms with Gasteiger partial charge in [0.2, 0.25) is 11.0 Å². The van der Waals surface area contributed by atoms with Crippen LogP contribution in [0.4, 0.5) is 5.13 Å². The van der Waals surface area contributed by atoms with Crippen LogP contribution in [0.5, 0.6) is 0 Å². The molecule has 0 bridgehead atoms. The van der Waals surface area contributed by atoms with Gasteiger partial charge in [0.15, 0.2) is 11.2 Å². The molecular formula is C16H21N7O3S. The van der Waals surface area contributed by atoms with Crippen LogP contribution in [0.3, 0.4) is 0 Å². The molecule has 144 valence electrons. The number of carbonyl (C=O) groups is 1. The van der Waals surface area contributed by atoms with Gasteiger partial charge in [-0.25, -0.2) is 9.78 Å². The molecule has 0 fully saturated rings. The zero-order valence-electron chi connectivity index (χ0n) is 15.4. The highest BCUT2D eigenvalue weighted by Crippen LogP contribution is 2.17. The number of hydrogen-bond donors (Lipinski definition) is 1. The fourth-order valence-corrected chi connectivity index (χ4v) is 3.56. The monoisotopic (exact) mass is 391 g/mol. The minimum atomic E-state index is -0.493. The van der Waals surface area contributed by atoms with Gasteiger partial charge in [0.05, 0.1) is 6.33 Å². The summed E-state index contributed by atoms with van der Waals surface area (Å²) in [7, 11) is 2.92. The van der Waals surface area contributed by atoms with Crippen molar-refractivity contribution in [3.05, 3.63) is 32.2 Å². The minimum Gasteiger partial charge on any atom is -0.315 e. The zero-order valence-corrected chi connectivity index (χ0v) is 16.2. The molecule has 3 heterocycles. The summed E-state index contributed by atoms with van der Waals surface area (Å²) in [6.45, 7) is 2.02. The number of unbranched alkanes of at least 4 members (excludes halogenated alkanes) is 2. The second-order valence-corrected chi connectivity index (χ2v) is 7.32. The zero-order chi connectivity index (χ0) is 19.6. The number of rotatable bonds is 7. The first kappa shape index (κ1) is 19.0. The van der Waals surface area contributed by atoms with Crippen molar-refractivity contribution in [1.82, 2.24) is 28.9 Å². The van der Waals surface area contributed by atoms with Gasteiger partial charge in [-0.15, -0.1) is 10.2 Å². The number of hydrogen-bond acceptors (Lipinski definition) is 7. The molecule has 0 saturated carbocycles. The van der Waals surface area contributed by atoms with E-state index in [1.165, 1.54) is 40.9 Å². The Morgan fingerprint density at radius 1 is 1.19 bits per heavy atom. The Kier molecular flexibility index (Phi) is 5.49. The van der Waals surface area contributed by atoms with Gasteiger partial charge in [-0.3, -0.25) is 24.0 Å². The van der Waals surface area contributed by atoms with Gasteiger partial charge in [0, 0.05) is 20.5 Å². The summed E-state index contributed by atoms with van der Waals surface area (Å²) in [5, 5.41) is 12.1. The minimum absolute atomic E-state index is 0.116. The number of imidazole rings is 1. The second kappa shape index (κ2) is 7.82. The molecule has 0 atom stereocenters. The van der Waals surface area contributed by atoms with Crippen molar-refractivity contribution in [3.8, 4) is 0 Å². The SMILES string of the molecule is CCCCCc1nnc(NC(=O)Cn2cnc3c2c(=O)n(C)c(=O)n3C)s1. The number of carbonyl (C=O) groups excluding carboxylic acids is 1. The average molecular weight is 391 g/mol. The lowest BCUT2D eigenvalue weighted by molar-refractivity contribution is -0.116. The predicted octanol–water partition coefficient (Wildman–Crippen LogP) is 0.657. The molecule has 1 N–H and O–H groups in total. The third-order valence-corrected chi connectivity index (χ3v) is 5.14. The molecule has 11 heteroatoms. The summed E-state index contributed by atoms with van der Waals surface area (Å²) in [6.07, 6.45) is 5.53. The quantitative estimate of drug-likeness (QED) is 0.591. The van der Waals surface area contributed by atoms with Crippen LogP contribution in [0.15, 0.2) is 15.9 Å². The second-order valence-electron chi connectivity index (χ2n) is 6.26. The maximum atomic E-state index is 12.4. The maximum absolute atomic E-state index is 12.4. The molecule has 27 heavy (non-hydrogen) atoms. The molecule has 10 nitrogen and oxygen atoms in total.